The quantitative estimate of drug-likeness (QED) is 0.422. The molecule has 0 amide bonds. The summed E-state index contributed by atoms with van der Waals surface area (Å²) in [6, 6.07) is 12.0. The molecule has 4 nitrogen and oxygen atoms in total. The van der Waals surface area contributed by atoms with Crippen LogP contribution in [-0.2, 0) is 0 Å². The van der Waals surface area contributed by atoms with Crippen molar-refractivity contribution in [1.29, 1.82) is 0 Å². The van der Waals surface area contributed by atoms with Crippen LogP contribution in [0.2, 0.25) is 0 Å². The summed E-state index contributed by atoms with van der Waals surface area (Å²) in [6.07, 6.45) is 5.39. The Bertz CT molecular complexity index is 862. The van der Waals surface area contributed by atoms with Gasteiger partial charge in [0.15, 0.2) is 0 Å². The van der Waals surface area contributed by atoms with Gasteiger partial charge in [-0.25, -0.2) is 0 Å². The fraction of sp³-hybridized carbons (Fsp3) is 0.263. The van der Waals surface area contributed by atoms with Crippen LogP contribution < -0.4 is 5.32 Å². The van der Waals surface area contributed by atoms with Gasteiger partial charge in [0.2, 0.25) is 0 Å². The highest BCUT2D eigenvalue weighted by atomic mass is 79.9. The molecule has 2 aromatic carbocycles. The maximum absolute atomic E-state index is 11.2. The molecule has 0 bridgehead atoms. The molecule has 0 unspecified atom stereocenters. The summed E-state index contributed by atoms with van der Waals surface area (Å²) < 4.78 is 1.07. The standard InChI is InChI=1S/C19H17BrN2O2/c1-11-8-14(22(23)24)10-17-15-6-3-7-16(15)19(21-18(11)17)12-4-2-5-13(20)9-12/h2-6,8-10,15-16,19,21H,7H2,1H3/t15-,16-,19-/m1/s1. The van der Waals surface area contributed by atoms with E-state index in [4.69, 9.17) is 0 Å². The molecule has 2 aliphatic rings. The number of hydrogen-bond acceptors (Lipinski definition) is 3. The minimum atomic E-state index is -0.304. The van der Waals surface area contributed by atoms with E-state index >= 15 is 0 Å². The van der Waals surface area contributed by atoms with Crippen LogP contribution in [0.1, 0.15) is 35.1 Å². The van der Waals surface area contributed by atoms with E-state index in [-0.39, 0.29) is 22.6 Å². The molecule has 0 fully saturated rings. The minimum absolute atomic E-state index is 0.174. The highest BCUT2D eigenvalue weighted by Crippen LogP contribution is 2.51. The van der Waals surface area contributed by atoms with E-state index < -0.39 is 0 Å². The Hall–Kier alpha value is -2.14. The minimum Gasteiger partial charge on any atom is -0.377 e. The number of nitro groups is 1. The first-order chi connectivity index (χ1) is 11.5. The topological polar surface area (TPSA) is 55.2 Å². The van der Waals surface area contributed by atoms with Crippen LogP contribution in [0, 0.1) is 23.0 Å². The molecule has 4 rings (SSSR count). The summed E-state index contributed by atoms with van der Waals surface area (Å²) in [5.41, 5.74) is 4.43. The normalized spacial score (nSPS) is 24.2. The molecule has 0 spiro atoms. The molecule has 1 aliphatic heterocycles. The Morgan fingerprint density at radius 2 is 2.12 bits per heavy atom. The number of fused-ring (bicyclic) bond motifs is 3. The Morgan fingerprint density at radius 1 is 1.29 bits per heavy atom. The van der Waals surface area contributed by atoms with Crippen LogP contribution in [0.15, 0.2) is 53.0 Å². The van der Waals surface area contributed by atoms with E-state index in [0.29, 0.717) is 5.92 Å². The molecular weight excluding hydrogens is 368 g/mol. The fourth-order valence-electron chi connectivity index (χ4n) is 4.00. The van der Waals surface area contributed by atoms with Gasteiger partial charge in [-0.2, -0.15) is 0 Å². The third-order valence-corrected chi connectivity index (χ3v) is 5.56. The number of nitrogens with zero attached hydrogens (tertiary/aromatic N) is 1. The van der Waals surface area contributed by atoms with E-state index in [2.05, 4.69) is 51.6 Å². The van der Waals surface area contributed by atoms with Gasteiger partial charge in [0.1, 0.15) is 0 Å². The van der Waals surface area contributed by atoms with Gasteiger partial charge < -0.3 is 5.32 Å². The molecule has 2 aromatic rings. The summed E-state index contributed by atoms with van der Waals surface area (Å²) in [7, 11) is 0. The number of nitro benzene ring substituents is 1. The molecule has 122 valence electrons. The van der Waals surface area contributed by atoms with E-state index in [1.165, 1.54) is 5.56 Å². The molecule has 1 heterocycles. The fourth-order valence-corrected chi connectivity index (χ4v) is 4.42. The first-order valence-electron chi connectivity index (χ1n) is 8.02. The maximum atomic E-state index is 11.2. The Balaban J connectivity index is 1.83. The predicted octanol–water partition coefficient (Wildman–Crippen LogP) is 5.49. The van der Waals surface area contributed by atoms with Crippen LogP contribution in [0.3, 0.4) is 0 Å². The average Bonchev–Trinajstić information content (AvgIpc) is 3.04. The molecular formula is C19H17BrN2O2. The lowest BCUT2D eigenvalue weighted by molar-refractivity contribution is -0.385. The molecule has 24 heavy (non-hydrogen) atoms. The Kier molecular flexibility index (Phi) is 3.68. The van der Waals surface area contributed by atoms with Crippen molar-refractivity contribution < 1.29 is 4.92 Å². The van der Waals surface area contributed by atoms with Crippen LogP contribution in [0.5, 0.6) is 0 Å². The first-order valence-corrected chi connectivity index (χ1v) is 8.81. The monoisotopic (exact) mass is 384 g/mol. The number of nitrogens with one attached hydrogen (secondary N) is 1. The van der Waals surface area contributed by atoms with E-state index in [1.54, 1.807) is 12.1 Å². The molecule has 0 saturated heterocycles. The average molecular weight is 385 g/mol. The van der Waals surface area contributed by atoms with Crippen molar-refractivity contribution in [3.63, 3.8) is 0 Å². The number of allylic oxidation sites excluding steroid dienone is 2. The lowest BCUT2D eigenvalue weighted by Crippen LogP contribution is -2.29. The number of rotatable bonds is 2. The van der Waals surface area contributed by atoms with Gasteiger partial charge in [0.05, 0.1) is 11.0 Å². The van der Waals surface area contributed by atoms with Crippen molar-refractivity contribution in [2.24, 2.45) is 5.92 Å². The maximum Gasteiger partial charge on any atom is 0.270 e. The Labute approximate surface area is 148 Å². The summed E-state index contributed by atoms with van der Waals surface area (Å²) in [4.78, 5) is 10.9. The molecule has 0 saturated carbocycles. The zero-order valence-corrected chi connectivity index (χ0v) is 14.8. The van der Waals surface area contributed by atoms with Gasteiger partial charge in [0.25, 0.3) is 5.69 Å². The van der Waals surface area contributed by atoms with E-state index in [0.717, 1.165) is 27.7 Å². The molecule has 0 aromatic heterocycles. The van der Waals surface area contributed by atoms with Crippen molar-refractivity contribution >= 4 is 27.3 Å². The van der Waals surface area contributed by atoms with Crippen molar-refractivity contribution in [2.45, 2.75) is 25.3 Å². The first kappa shape index (κ1) is 15.4. The highest BCUT2D eigenvalue weighted by Gasteiger charge is 2.39. The van der Waals surface area contributed by atoms with E-state index in [1.807, 2.05) is 13.0 Å². The van der Waals surface area contributed by atoms with Gasteiger partial charge in [-0.15, -0.1) is 0 Å². The molecule has 5 heteroatoms. The van der Waals surface area contributed by atoms with Crippen LogP contribution in [-0.4, -0.2) is 4.92 Å². The van der Waals surface area contributed by atoms with Crippen molar-refractivity contribution in [3.05, 3.63) is 79.8 Å². The number of halogens is 1. The van der Waals surface area contributed by atoms with Gasteiger partial charge in [-0.3, -0.25) is 10.1 Å². The molecule has 3 atom stereocenters. The SMILES string of the molecule is Cc1cc([N+](=O)[O-])cc2c1N[C@H](c1cccc(Br)c1)[C@@H]1CC=C[C@@H]21. The highest BCUT2D eigenvalue weighted by molar-refractivity contribution is 9.10. The van der Waals surface area contributed by atoms with Crippen molar-refractivity contribution in [2.75, 3.05) is 5.32 Å². The van der Waals surface area contributed by atoms with Gasteiger partial charge >= 0.3 is 0 Å². The lowest BCUT2D eigenvalue weighted by atomic mass is 9.76. The number of anilines is 1. The zero-order valence-electron chi connectivity index (χ0n) is 13.2. The molecule has 1 N–H and O–H groups in total. The summed E-state index contributed by atoms with van der Waals surface area (Å²) in [5.74, 6) is 0.608. The summed E-state index contributed by atoms with van der Waals surface area (Å²) in [5, 5.41) is 14.9. The number of aryl methyl sites for hydroxylation is 1. The second-order valence-electron chi connectivity index (χ2n) is 6.51. The number of non-ortho nitro benzene ring substituents is 1. The van der Waals surface area contributed by atoms with Crippen LogP contribution >= 0.6 is 15.9 Å². The van der Waals surface area contributed by atoms with Gasteiger partial charge in [0, 0.05) is 28.2 Å². The van der Waals surface area contributed by atoms with Gasteiger partial charge in [-0.05, 0) is 48.1 Å². The third-order valence-electron chi connectivity index (χ3n) is 5.07. The molecule has 0 radical (unpaired) electrons. The van der Waals surface area contributed by atoms with Crippen molar-refractivity contribution in [3.8, 4) is 0 Å². The summed E-state index contributed by atoms with van der Waals surface area (Å²) >= 11 is 3.55. The summed E-state index contributed by atoms with van der Waals surface area (Å²) in [6.45, 7) is 1.94. The predicted molar refractivity (Wildman–Crippen MR) is 98.3 cm³/mol. The lowest BCUT2D eigenvalue weighted by Gasteiger charge is -2.38. The van der Waals surface area contributed by atoms with Crippen LogP contribution in [0.25, 0.3) is 0 Å². The third kappa shape index (κ3) is 2.44. The second-order valence-corrected chi connectivity index (χ2v) is 7.43. The van der Waals surface area contributed by atoms with Crippen molar-refractivity contribution in [1.82, 2.24) is 0 Å². The van der Waals surface area contributed by atoms with E-state index in [9.17, 15) is 10.1 Å². The van der Waals surface area contributed by atoms with Crippen LogP contribution in [0.4, 0.5) is 11.4 Å². The smallest absolute Gasteiger partial charge is 0.270 e. The number of hydrogen-bond donors (Lipinski definition) is 1. The number of benzene rings is 2. The largest absolute Gasteiger partial charge is 0.377 e. The zero-order chi connectivity index (χ0) is 16.8. The van der Waals surface area contributed by atoms with Gasteiger partial charge in [-0.1, -0.05) is 40.2 Å². The second kappa shape index (κ2) is 5.74. The Morgan fingerprint density at radius 3 is 2.88 bits per heavy atom. The molecule has 1 aliphatic carbocycles.